The lowest BCUT2D eigenvalue weighted by atomic mass is 10.0. The van der Waals surface area contributed by atoms with Crippen molar-refractivity contribution in [2.45, 2.75) is 31.6 Å². The van der Waals surface area contributed by atoms with Crippen molar-refractivity contribution < 1.29 is 17.4 Å². The number of nitrogens with zero attached hydrogens (tertiary/aromatic N) is 2. The lowest BCUT2D eigenvalue weighted by Gasteiger charge is -2.29. The monoisotopic (exact) mass is 310 g/mol. The Hall–Kier alpha value is -1.60. The van der Waals surface area contributed by atoms with Gasteiger partial charge in [0.15, 0.2) is 5.76 Å². The Balaban J connectivity index is 1.92. The van der Waals surface area contributed by atoms with Gasteiger partial charge in [0.2, 0.25) is 15.8 Å². The second kappa shape index (κ2) is 5.31. The summed E-state index contributed by atoms with van der Waals surface area (Å²) in [5.74, 6) is 1.76. The van der Waals surface area contributed by atoms with Crippen LogP contribution in [0.5, 0.6) is 0 Å². The Morgan fingerprint density at radius 3 is 2.62 bits per heavy atom. The molecule has 2 aromatic rings. The van der Waals surface area contributed by atoms with Crippen LogP contribution < -0.4 is 0 Å². The minimum atomic E-state index is -3.51. The molecular weight excluding hydrogens is 292 g/mol. The number of sulfonamides is 1. The van der Waals surface area contributed by atoms with E-state index in [-0.39, 0.29) is 4.90 Å². The van der Waals surface area contributed by atoms with E-state index in [9.17, 15) is 8.42 Å². The first kappa shape index (κ1) is 14.3. The van der Waals surface area contributed by atoms with E-state index < -0.39 is 10.0 Å². The molecule has 2 aromatic heterocycles. The van der Waals surface area contributed by atoms with Gasteiger partial charge < -0.3 is 8.94 Å². The second-order valence-corrected chi connectivity index (χ2v) is 7.40. The smallest absolute Gasteiger partial charge is 0.246 e. The fraction of sp³-hybridized carbons (Fsp3) is 0.500. The van der Waals surface area contributed by atoms with E-state index in [1.165, 1.54) is 16.6 Å². The van der Waals surface area contributed by atoms with Crippen LogP contribution in [0.1, 0.15) is 25.5 Å². The number of aromatic nitrogens is 1. The first-order valence-electron chi connectivity index (χ1n) is 7.00. The molecule has 0 radical (unpaired) electrons. The van der Waals surface area contributed by atoms with Crippen LogP contribution in [0.25, 0.3) is 11.5 Å². The zero-order chi connectivity index (χ0) is 15.0. The third kappa shape index (κ3) is 2.63. The second-order valence-electron chi connectivity index (χ2n) is 5.49. The molecule has 1 fully saturated rings. The summed E-state index contributed by atoms with van der Waals surface area (Å²) in [4.78, 5) is 0.212. The summed E-state index contributed by atoms with van der Waals surface area (Å²) < 4.78 is 37.5. The van der Waals surface area contributed by atoms with Gasteiger partial charge in [-0.05, 0) is 25.7 Å². The first-order chi connectivity index (χ1) is 9.98. The maximum atomic E-state index is 12.7. The number of hydrogen-bond acceptors (Lipinski definition) is 5. The summed E-state index contributed by atoms with van der Waals surface area (Å²) in [7, 11) is -3.51. The summed E-state index contributed by atoms with van der Waals surface area (Å²) in [6.45, 7) is 4.92. The minimum Gasteiger partial charge on any atom is -0.457 e. The predicted molar refractivity (Wildman–Crippen MR) is 76.1 cm³/mol. The molecule has 0 bridgehead atoms. The van der Waals surface area contributed by atoms with E-state index in [4.69, 9.17) is 8.94 Å². The van der Waals surface area contributed by atoms with Crippen LogP contribution in [0.2, 0.25) is 0 Å². The van der Waals surface area contributed by atoms with E-state index in [2.05, 4.69) is 12.1 Å². The SMILES string of the molecule is Cc1oc(-c2ccno2)cc1S(=O)(=O)N1CCC(C)CC1. The number of furan rings is 1. The number of aryl methyl sites for hydroxylation is 1. The van der Waals surface area contributed by atoms with Crippen LogP contribution in [0.3, 0.4) is 0 Å². The van der Waals surface area contributed by atoms with Gasteiger partial charge in [0.05, 0.1) is 6.20 Å². The lowest BCUT2D eigenvalue weighted by Crippen LogP contribution is -2.37. The number of rotatable bonds is 3. The summed E-state index contributed by atoms with van der Waals surface area (Å²) in [6, 6.07) is 3.15. The minimum absolute atomic E-state index is 0.212. The number of hydrogen-bond donors (Lipinski definition) is 0. The van der Waals surface area contributed by atoms with Crippen molar-refractivity contribution in [2.75, 3.05) is 13.1 Å². The van der Waals surface area contributed by atoms with Gasteiger partial charge in [0.1, 0.15) is 10.7 Å². The van der Waals surface area contributed by atoms with Crippen LogP contribution in [0.15, 0.2) is 32.2 Å². The topological polar surface area (TPSA) is 76.5 Å². The van der Waals surface area contributed by atoms with E-state index in [0.717, 1.165) is 12.8 Å². The Labute approximate surface area is 123 Å². The highest BCUT2D eigenvalue weighted by molar-refractivity contribution is 7.89. The summed E-state index contributed by atoms with van der Waals surface area (Å²) in [5.41, 5.74) is 0. The Morgan fingerprint density at radius 1 is 1.29 bits per heavy atom. The summed E-state index contributed by atoms with van der Waals surface area (Å²) >= 11 is 0. The zero-order valence-electron chi connectivity index (χ0n) is 12.1. The van der Waals surface area contributed by atoms with Crippen molar-refractivity contribution in [2.24, 2.45) is 5.92 Å². The van der Waals surface area contributed by atoms with Crippen molar-refractivity contribution in [3.63, 3.8) is 0 Å². The van der Waals surface area contributed by atoms with Gasteiger partial charge in [-0.3, -0.25) is 0 Å². The third-order valence-corrected chi connectivity index (χ3v) is 5.92. The molecule has 3 rings (SSSR count). The van der Waals surface area contributed by atoms with Crippen molar-refractivity contribution >= 4 is 10.0 Å². The molecule has 0 aliphatic carbocycles. The highest BCUT2D eigenvalue weighted by Gasteiger charge is 2.31. The summed E-state index contributed by atoms with van der Waals surface area (Å²) in [6.07, 6.45) is 3.28. The third-order valence-electron chi connectivity index (χ3n) is 3.91. The first-order valence-corrected chi connectivity index (χ1v) is 8.44. The van der Waals surface area contributed by atoms with Crippen LogP contribution in [-0.4, -0.2) is 31.0 Å². The molecule has 1 saturated heterocycles. The molecule has 0 spiro atoms. The molecule has 0 saturated carbocycles. The quantitative estimate of drug-likeness (QED) is 0.871. The molecule has 7 heteroatoms. The molecule has 1 aliphatic rings. The Morgan fingerprint density at radius 2 is 2.00 bits per heavy atom. The molecule has 0 unspecified atom stereocenters. The van der Waals surface area contributed by atoms with Crippen molar-refractivity contribution in [3.8, 4) is 11.5 Å². The van der Waals surface area contributed by atoms with E-state index in [0.29, 0.717) is 36.3 Å². The molecule has 0 atom stereocenters. The lowest BCUT2D eigenvalue weighted by molar-refractivity contribution is 0.287. The number of piperidine rings is 1. The highest BCUT2D eigenvalue weighted by Crippen LogP contribution is 2.31. The average Bonchev–Trinajstić information content (AvgIpc) is 3.08. The van der Waals surface area contributed by atoms with Crippen molar-refractivity contribution in [3.05, 3.63) is 24.1 Å². The standard InChI is InChI=1S/C14H18N2O4S/c1-10-4-7-16(8-5-10)21(17,18)14-9-13(19-11(14)2)12-3-6-15-20-12/h3,6,9-10H,4-5,7-8H2,1-2H3. The molecule has 114 valence electrons. The van der Waals surface area contributed by atoms with Gasteiger partial charge in [-0.2, -0.15) is 4.31 Å². The van der Waals surface area contributed by atoms with Gasteiger partial charge in [0.25, 0.3) is 0 Å². The van der Waals surface area contributed by atoms with Gasteiger partial charge in [-0.25, -0.2) is 8.42 Å². The Bertz CT molecular complexity index is 710. The Kier molecular flexibility index (Phi) is 3.62. The van der Waals surface area contributed by atoms with Gasteiger partial charge in [-0.1, -0.05) is 12.1 Å². The van der Waals surface area contributed by atoms with Gasteiger partial charge >= 0.3 is 0 Å². The molecule has 6 nitrogen and oxygen atoms in total. The largest absolute Gasteiger partial charge is 0.457 e. The maximum Gasteiger partial charge on any atom is 0.246 e. The normalized spacial score (nSPS) is 18.2. The molecule has 3 heterocycles. The van der Waals surface area contributed by atoms with E-state index in [1.54, 1.807) is 13.0 Å². The van der Waals surface area contributed by atoms with E-state index in [1.807, 2.05) is 0 Å². The molecule has 0 aromatic carbocycles. The van der Waals surface area contributed by atoms with Crippen molar-refractivity contribution in [1.82, 2.24) is 9.46 Å². The van der Waals surface area contributed by atoms with E-state index >= 15 is 0 Å². The highest BCUT2D eigenvalue weighted by atomic mass is 32.2. The molecule has 1 aliphatic heterocycles. The van der Waals surface area contributed by atoms with Crippen LogP contribution in [0, 0.1) is 12.8 Å². The molecular formula is C14H18N2O4S. The van der Waals surface area contributed by atoms with Gasteiger partial charge in [0, 0.05) is 25.2 Å². The fourth-order valence-corrected chi connectivity index (χ4v) is 4.18. The van der Waals surface area contributed by atoms with Crippen LogP contribution in [0.4, 0.5) is 0 Å². The molecule has 0 N–H and O–H groups in total. The van der Waals surface area contributed by atoms with Gasteiger partial charge in [-0.15, -0.1) is 0 Å². The van der Waals surface area contributed by atoms with Crippen LogP contribution >= 0.6 is 0 Å². The summed E-state index contributed by atoms with van der Waals surface area (Å²) in [5, 5.41) is 3.60. The van der Waals surface area contributed by atoms with Crippen molar-refractivity contribution in [1.29, 1.82) is 0 Å². The molecule has 21 heavy (non-hydrogen) atoms. The zero-order valence-corrected chi connectivity index (χ0v) is 12.9. The average molecular weight is 310 g/mol. The maximum absolute atomic E-state index is 12.7. The predicted octanol–water partition coefficient (Wildman–Crippen LogP) is 2.66. The fourth-order valence-electron chi connectivity index (χ4n) is 2.55. The van der Waals surface area contributed by atoms with Crippen LogP contribution in [-0.2, 0) is 10.0 Å². The molecule has 0 amide bonds.